The van der Waals surface area contributed by atoms with E-state index < -0.39 is 11.3 Å². The van der Waals surface area contributed by atoms with Crippen LogP contribution in [0.2, 0.25) is 0 Å². The monoisotopic (exact) mass is 586 g/mol. The van der Waals surface area contributed by atoms with Crippen LogP contribution >= 0.6 is 11.3 Å². The lowest BCUT2D eigenvalue weighted by Crippen LogP contribution is -2.48. The Bertz CT molecular complexity index is 1700. The molecule has 1 amide bonds. The topological polar surface area (TPSA) is 129 Å². The minimum atomic E-state index is -0.933. The third-order valence-corrected chi connectivity index (χ3v) is 8.26. The van der Waals surface area contributed by atoms with Crippen LogP contribution in [0.1, 0.15) is 58.0 Å². The quantitative estimate of drug-likeness (QED) is 0.179. The fourth-order valence-electron chi connectivity index (χ4n) is 5.14. The Morgan fingerprint density at radius 2 is 2.00 bits per heavy atom. The van der Waals surface area contributed by atoms with Crippen LogP contribution in [-0.4, -0.2) is 50.6 Å². The summed E-state index contributed by atoms with van der Waals surface area (Å²) in [6.07, 6.45) is 2.20. The number of aromatic nitrogens is 3. The number of amides is 1. The Kier molecular flexibility index (Phi) is 8.24. The normalized spacial score (nSPS) is 16.8. The van der Waals surface area contributed by atoms with Gasteiger partial charge in [0, 0.05) is 48.4 Å². The van der Waals surface area contributed by atoms with Gasteiger partial charge in [-0.2, -0.15) is 4.68 Å². The first-order chi connectivity index (χ1) is 20.1. The summed E-state index contributed by atoms with van der Waals surface area (Å²) in [6, 6.07) is 14.8. The molecule has 4 aromatic rings. The molecule has 0 aliphatic carbocycles. The molecule has 0 saturated carbocycles. The highest BCUT2D eigenvalue weighted by atomic mass is 32.1. The van der Waals surface area contributed by atoms with E-state index in [0.29, 0.717) is 29.7 Å². The fourth-order valence-corrected chi connectivity index (χ4v) is 6.09. The molecule has 3 heterocycles. The van der Waals surface area contributed by atoms with Crippen molar-refractivity contribution in [1.29, 1.82) is 0 Å². The summed E-state index contributed by atoms with van der Waals surface area (Å²) in [6.45, 7) is 8.54. The number of hydrogen-bond donors (Lipinski definition) is 1. The molecule has 10 nitrogen and oxygen atoms in total. The van der Waals surface area contributed by atoms with Crippen molar-refractivity contribution in [2.75, 3.05) is 13.6 Å². The van der Waals surface area contributed by atoms with Crippen molar-refractivity contribution in [3.05, 3.63) is 98.4 Å². The van der Waals surface area contributed by atoms with Gasteiger partial charge in [0.2, 0.25) is 11.8 Å². The number of benzene rings is 2. The third-order valence-electron chi connectivity index (χ3n) is 7.20. The number of thiazole rings is 1. The van der Waals surface area contributed by atoms with Gasteiger partial charge in [-0.05, 0) is 56.9 Å². The van der Waals surface area contributed by atoms with Gasteiger partial charge in [0.25, 0.3) is 5.91 Å². The van der Waals surface area contributed by atoms with Crippen LogP contribution in [-0.2, 0) is 18.2 Å². The Morgan fingerprint density at radius 3 is 2.64 bits per heavy atom. The number of aliphatic imine (C=N–C) groups is 1. The van der Waals surface area contributed by atoms with E-state index in [1.807, 2.05) is 54.5 Å². The van der Waals surface area contributed by atoms with E-state index >= 15 is 0 Å². The first-order valence-electron chi connectivity index (χ1n) is 13.7. The average molecular weight is 587 g/mol. The molecule has 2 N–H and O–H groups in total. The Labute approximate surface area is 248 Å². The maximum atomic E-state index is 14.0. The lowest BCUT2D eigenvalue weighted by Gasteiger charge is -2.27. The van der Waals surface area contributed by atoms with Crippen molar-refractivity contribution >= 4 is 28.9 Å². The first-order valence-corrected chi connectivity index (χ1v) is 14.5. The summed E-state index contributed by atoms with van der Waals surface area (Å²) in [5.41, 5.74) is 9.04. The van der Waals surface area contributed by atoms with E-state index in [2.05, 4.69) is 21.7 Å². The number of carbonyl (C=O) groups is 1. The van der Waals surface area contributed by atoms with Gasteiger partial charge in [-0.1, -0.05) is 36.9 Å². The Hall–Kier alpha value is -4.35. The molecule has 2 atom stereocenters. The van der Waals surface area contributed by atoms with Gasteiger partial charge in [0.1, 0.15) is 10.8 Å². The standard InChI is InChI=1S/C31H34N6O4S/c1-19-18-42-27(34-19)25-12-9-13-37(25)28(38)24-15-22(14-23(16-24)26-35-36(5)30(39)41-26)20(2)40-29(33-4)31(3,32)17-21-10-7-6-8-11-21/h6-8,10-11,14-16,18,25H,2,9,12-13,17,32H2,1,3-5H3/t25?,31-/m0/s1. The summed E-state index contributed by atoms with van der Waals surface area (Å²) in [7, 11) is 3.11. The predicted molar refractivity (Wildman–Crippen MR) is 163 cm³/mol. The van der Waals surface area contributed by atoms with Crippen LogP contribution in [0.3, 0.4) is 0 Å². The predicted octanol–water partition coefficient (Wildman–Crippen LogP) is 4.76. The number of ether oxygens (including phenoxy) is 1. The van der Waals surface area contributed by atoms with Gasteiger partial charge >= 0.3 is 5.76 Å². The van der Waals surface area contributed by atoms with E-state index in [4.69, 9.17) is 14.9 Å². The third kappa shape index (κ3) is 6.12. The molecular formula is C31H34N6O4S. The molecule has 218 valence electrons. The van der Waals surface area contributed by atoms with Gasteiger partial charge in [-0.3, -0.25) is 9.79 Å². The van der Waals surface area contributed by atoms with Crippen molar-refractivity contribution in [2.24, 2.45) is 17.8 Å². The second-order valence-electron chi connectivity index (χ2n) is 10.7. The zero-order valence-corrected chi connectivity index (χ0v) is 25.0. The molecule has 0 radical (unpaired) electrons. The number of nitrogens with zero attached hydrogens (tertiary/aromatic N) is 5. The van der Waals surface area contributed by atoms with Crippen molar-refractivity contribution in [3.8, 4) is 11.5 Å². The van der Waals surface area contributed by atoms with Crippen LogP contribution in [0.5, 0.6) is 0 Å². The molecule has 0 spiro atoms. The van der Waals surface area contributed by atoms with Crippen LogP contribution in [0.4, 0.5) is 0 Å². The van der Waals surface area contributed by atoms with Crippen LogP contribution in [0, 0.1) is 6.92 Å². The van der Waals surface area contributed by atoms with E-state index in [0.717, 1.165) is 33.8 Å². The molecule has 1 fully saturated rings. The second-order valence-corrected chi connectivity index (χ2v) is 11.6. The van der Waals surface area contributed by atoms with Crippen molar-refractivity contribution in [1.82, 2.24) is 19.7 Å². The molecule has 1 saturated heterocycles. The summed E-state index contributed by atoms with van der Waals surface area (Å²) >= 11 is 1.56. The number of aryl methyl sites for hydroxylation is 2. The molecule has 2 aromatic heterocycles. The highest BCUT2D eigenvalue weighted by Crippen LogP contribution is 2.36. The van der Waals surface area contributed by atoms with Crippen LogP contribution < -0.4 is 11.5 Å². The van der Waals surface area contributed by atoms with Crippen LogP contribution in [0.15, 0.2) is 74.7 Å². The van der Waals surface area contributed by atoms with Crippen LogP contribution in [0.25, 0.3) is 17.2 Å². The Balaban J connectivity index is 1.48. The lowest BCUT2D eigenvalue weighted by atomic mass is 9.93. The van der Waals surface area contributed by atoms with Gasteiger partial charge < -0.3 is 19.8 Å². The van der Waals surface area contributed by atoms with E-state index in [-0.39, 0.29) is 29.5 Å². The van der Waals surface area contributed by atoms with Gasteiger partial charge in [-0.15, -0.1) is 16.4 Å². The highest BCUT2D eigenvalue weighted by Gasteiger charge is 2.34. The molecule has 1 unspecified atom stereocenters. The van der Waals surface area contributed by atoms with E-state index in [1.165, 1.54) is 7.05 Å². The van der Waals surface area contributed by atoms with Gasteiger partial charge in [-0.25, -0.2) is 9.78 Å². The highest BCUT2D eigenvalue weighted by molar-refractivity contribution is 7.09. The Morgan fingerprint density at radius 1 is 1.26 bits per heavy atom. The summed E-state index contributed by atoms with van der Waals surface area (Å²) in [4.78, 5) is 36.9. The smallest absolute Gasteiger partial charge is 0.437 e. The molecular weight excluding hydrogens is 552 g/mol. The SMILES string of the molecule is C=C(OC(=NC)[C@@](C)(N)Cc1ccccc1)c1cc(C(=O)N2CCCC2c2nc(C)cs2)cc(-c2nn(C)c(=O)o2)c1. The summed E-state index contributed by atoms with van der Waals surface area (Å²) in [5, 5.41) is 7.11. The number of hydrogen-bond acceptors (Lipinski definition) is 9. The molecule has 42 heavy (non-hydrogen) atoms. The minimum Gasteiger partial charge on any atom is -0.441 e. The molecule has 1 aliphatic heterocycles. The summed E-state index contributed by atoms with van der Waals surface area (Å²) < 4.78 is 12.6. The maximum absolute atomic E-state index is 14.0. The summed E-state index contributed by atoms with van der Waals surface area (Å²) in [5.74, 6) is -0.174. The zero-order valence-electron chi connectivity index (χ0n) is 24.2. The molecule has 2 aromatic carbocycles. The number of carbonyl (C=O) groups excluding carboxylic acids is 1. The fraction of sp³-hybridized carbons (Fsp3) is 0.323. The number of nitrogens with two attached hydrogens (primary N) is 1. The lowest BCUT2D eigenvalue weighted by molar-refractivity contribution is 0.0735. The average Bonchev–Trinajstić information content (AvgIpc) is 3.71. The van der Waals surface area contributed by atoms with Gasteiger partial charge in [0.15, 0.2) is 0 Å². The largest absolute Gasteiger partial charge is 0.441 e. The maximum Gasteiger partial charge on any atom is 0.437 e. The molecule has 5 rings (SSSR count). The first kappa shape index (κ1) is 29.2. The van der Waals surface area contributed by atoms with Crippen molar-refractivity contribution in [3.63, 3.8) is 0 Å². The molecule has 1 aliphatic rings. The van der Waals surface area contributed by atoms with Crippen molar-refractivity contribution < 1.29 is 13.9 Å². The molecule has 11 heteroatoms. The second kappa shape index (κ2) is 11.9. The zero-order chi connectivity index (χ0) is 30.0. The van der Waals surface area contributed by atoms with E-state index in [1.54, 1.807) is 36.6 Å². The number of likely N-dealkylation sites (tertiary alicyclic amines) is 1. The minimum absolute atomic E-state index is 0.0804. The molecule has 0 bridgehead atoms. The van der Waals surface area contributed by atoms with Crippen molar-refractivity contribution in [2.45, 2.75) is 44.7 Å². The number of rotatable bonds is 8. The van der Waals surface area contributed by atoms with E-state index in [9.17, 15) is 9.59 Å². The van der Waals surface area contributed by atoms with Gasteiger partial charge in [0.05, 0.1) is 11.6 Å².